The summed E-state index contributed by atoms with van der Waals surface area (Å²) in [5.41, 5.74) is 3.49. The summed E-state index contributed by atoms with van der Waals surface area (Å²) in [5.74, 6) is 0. The molecule has 29 heavy (non-hydrogen) atoms. The second-order valence-corrected chi connectivity index (χ2v) is 8.32. The minimum absolute atomic E-state index is 0.256. The summed E-state index contributed by atoms with van der Waals surface area (Å²) in [6, 6.07) is 32.4. The molecular formula is C27H31NO. The molecule has 4 rings (SSSR count). The van der Waals surface area contributed by atoms with Crippen molar-refractivity contribution < 1.29 is 5.11 Å². The van der Waals surface area contributed by atoms with Gasteiger partial charge in [-0.25, -0.2) is 0 Å². The highest BCUT2D eigenvalue weighted by Crippen LogP contribution is 2.35. The highest BCUT2D eigenvalue weighted by molar-refractivity contribution is 5.32. The smallest absolute Gasteiger partial charge is 0.0672 e. The van der Waals surface area contributed by atoms with E-state index in [0.29, 0.717) is 0 Å². The van der Waals surface area contributed by atoms with Crippen molar-refractivity contribution in [3.8, 4) is 0 Å². The molecule has 0 aromatic heterocycles. The zero-order chi connectivity index (χ0) is 19.9. The number of hydrogen-bond acceptors (Lipinski definition) is 2. The van der Waals surface area contributed by atoms with Gasteiger partial charge >= 0.3 is 0 Å². The van der Waals surface area contributed by atoms with Crippen LogP contribution < -0.4 is 0 Å². The lowest BCUT2D eigenvalue weighted by Crippen LogP contribution is -2.45. The molecule has 0 amide bonds. The zero-order valence-electron chi connectivity index (χ0n) is 17.1. The summed E-state index contributed by atoms with van der Waals surface area (Å²) < 4.78 is 0. The van der Waals surface area contributed by atoms with Crippen LogP contribution in [0.25, 0.3) is 0 Å². The molecule has 0 radical (unpaired) electrons. The van der Waals surface area contributed by atoms with E-state index >= 15 is 0 Å². The maximum atomic E-state index is 11.2. The van der Waals surface area contributed by atoms with E-state index in [9.17, 15) is 5.11 Å². The van der Waals surface area contributed by atoms with Gasteiger partial charge in [-0.3, -0.25) is 4.90 Å². The Hall–Kier alpha value is -2.42. The minimum Gasteiger partial charge on any atom is -0.390 e. The van der Waals surface area contributed by atoms with Gasteiger partial charge in [0.15, 0.2) is 0 Å². The Labute approximate surface area is 174 Å². The normalized spacial score (nSPS) is 16.8. The van der Waals surface area contributed by atoms with Crippen molar-refractivity contribution in [1.29, 1.82) is 0 Å². The standard InChI is InChI=1S/C27H31NO/c29-27(18-10-13-23-11-4-1-5-12-23)19-21-28(22-20-27)26(24-14-6-2-7-15-24)25-16-8-3-9-17-25/h1-9,11-12,14-17,26,29H,10,13,18-22H2. The van der Waals surface area contributed by atoms with Gasteiger partial charge in [0.05, 0.1) is 11.6 Å². The van der Waals surface area contributed by atoms with E-state index in [0.717, 1.165) is 45.2 Å². The fourth-order valence-electron chi connectivity index (χ4n) is 4.60. The first-order valence-electron chi connectivity index (χ1n) is 10.8. The molecule has 1 heterocycles. The van der Waals surface area contributed by atoms with Gasteiger partial charge in [0.25, 0.3) is 0 Å². The Balaban J connectivity index is 1.40. The molecule has 1 N–H and O–H groups in total. The third kappa shape index (κ3) is 5.14. The molecule has 1 saturated heterocycles. The summed E-state index contributed by atoms with van der Waals surface area (Å²) in [4.78, 5) is 2.54. The quantitative estimate of drug-likeness (QED) is 0.570. The van der Waals surface area contributed by atoms with Crippen LogP contribution in [-0.4, -0.2) is 28.7 Å². The van der Waals surface area contributed by atoms with Crippen molar-refractivity contribution in [2.45, 2.75) is 43.7 Å². The molecule has 0 atom stereocenters. The van der Waals surface area contributed by atoms with E-state index in [4.69, 9.17) is 0 Å². The summed E-state index contributed by atoms with van der Waals surface area (Å²) >= 11 is 0. The Kier molecular flexibility index (Phi) is 6.43. The zero-order valence-corrected chi connectivity index (χ0v) is 17.1. The molecule has 150 valence electrons. The van der Waals surface area contributed by atoms with Gasteiger partial charge in [-0.1, -0.05) is 91.0 Å². The van der Waals surface area contributed by atoms with Gasteiger partial charge < -0.3 is 5.11 Å². The van der Waals surface area contributed by atoms with E-state index < -0.39 is 5.60 Å². The van der Waals surface area contributed by atoms with E-state index in [1.807, 2.05) is 0 Å². The van der Waals surface area contributed by atoms with Gasteiger partial charge in [0.1, 0.15) is 0 Å². The maximum absolute atomic E-state index is 11.2. The molecule has 3 aromatic carbocycles. The first-order chi connectivity index (χ1) is 14.2. The monoisotopic (exact) mass is 385 g/mol. The molecule has 1 aliphatic heterocycles. The van der Waals surface area contributed by atoms with Crippen LogP contribution in [0.3, 0.4) is 0 Å². The number of rotatable bonds is 7. The highest BCUT2D eigenvalue weighted by atomic mass is 16.3. The second-order valence-electron chi connectivity index (χ2n) is 8.32. The van der Waals surface area contributed by atoms with E-state index in [1.54, 1.807) is 0 Å². The number of likely N-dealkylation sites (tertiary alicyclic amines) is 1. The Morgan fingerprint density at radius 1 is 0.724 bits per heavy atom. The van der Waals surface area contributed by atoms with Crippen molar-refractivity contribution in [1.82, 2.24) is 4.90 Å². The predicted molar refractivity (Wildman–Crippen MR) is 120 cm³/mol. The third-order valence-corrected chi connectivity index (χ3v) is 6.27. The Morgan fingerprint density at radius 2 is 1.21 bits per heavy atom. The van der Waals surface area contributed by atoms with Gasteiger partial charge in [0, 0.05) is 13.1 Å². The molecule has 0 bridgehead atoms. The molecule has 0 saturated carbocycles. The first-order valence-corrected chi connectivity index (χ1v) is 10.8. The van der Waals surface area contributed by atoms with Crippen molar-refractivity contribution in [3.05, 3.63) is 108 Å². The van der Waals surface area contributed by atoms with Crippen LogP contribution in [0.1, 0.15) is 48.4 Å². The largest absolute Gasteiger partial charge is 0.390 e. The topological polar surface area (TPSA) is 23.5 Å². The SMILES string of the molecule is OC1(CCCc2ccccc2)CCN(C(c2ccccc2)c2ccccc2)CC1. The molecule has 2 nitrogen and oxygen atoms in total. The van der Waals surface area contributed by atoms with Crippen molar-refractivity contribution in [2.24, 2.45) is 0 Å². The molecule has 1 aliphatic rings. The second kappa shape index (κ2) is 9.39. The molecule has 3 aromatic rings. The van der Waals surface area contributed by atoms with Crippen LogP contribution in [0, 0.1) is 0 Å². The lowest BCUT2D eigenvalue weighted by atomic mass is 9.84. The Bertz CT molecular complexity index is 815. The lowest BCUT2D eigenvalue weighted by molar-refractivity contribution is -0.0350. The van der Waals surface area contributed by atoms with Gasteiger partial charge in [-0.2, -0.15) is 0 Å². The van der Waals surface area contributed by atoms with Crippen LogP contribution in [-0.2, 0) is 6.42 Å². The average Bonchev–Trinajstić information content (AvgIpc) is 2.78. The van der Waals surface area contributed by atoms with Crippen LogP contribution in [0.5, 0.6) is 0 Å². The number of benzene rings is 3. The lowest BCUT2D eigenvalue weighted by Gasteiger charge is -2.42. The van der Waals surface area contributed by atoms with Gasteiger partial charge in [-0.05, 0) is 48.8 Å². The summed E-state index contributed by atoms with van der Waals surface area (Å²) in [6.07, 6.45) is 4.66. The van der Waals surface area contributed by atoms with Gasteiger partial charge in [-0.15, -0.1) is 0 Å². The Morgan fingerprint density at radius 3 is 1.72 bits per heavy atom. The predicted octanol–water partition coefficient (Wildman–Crippen LogP) is 5.63. The van der Waals surface area contributed by atoms with Crippen LogP contribution >= 0.6 is 0 Å². The third-order valence-electron chi connectivity index (χ3n) is 6.27. The molecular weight excluding hydrogens is 354 g/mol. The number of aryl methyl sites for hydroxylation is 1. The minimum atomic E-state index is -0.525. The van der Waals surface area contributed by atoms with Crippen LogP contribution in [0.4, 0.5) is 0 Å². The fourth-order valence-corrected chi connectivity index (χ4v) is 4.60. The van der Waals surface area contributed by atoms with E-state index in [2.05, 4.69) is 95.9 Å². The molecule has 0 spiro atoms. The molecule has 1 fully saturated rings. The van der Waals surface area contributed by atoms with Crippen molar-refractivity contribution in [2.75, 3.05) is 13.1 Å². The number of aliphatic hydroxyl groups is 1. The highest BCUT2D eigenvalue weighted by Gasteiger charge is 2.35. The van der Waals surface area contributed by atoms with Crippen molar-refractivity contribution >= 4 is 0 Å². The summed E-state index contributed by atoms with van der Waals surface area (Å²) in [5, 5.41) is 11.2. The van der Waals surface area contributed by atoms with E-state index in [-0.39, 0.29) is 6.04 Å². The van der Waals surface area contributed by atoms with Crippen LogP contribution in [0.15, 0.2) is 91.0 Å². The molecule has 2 heteroatoms. The number of piperidine rings is 1. The van der Waals surface area contributed by atoms with Gasteiger partial charge in [0.2, 0.25) is 0 Å². The van der Waals surface area contributed by atoms with E-state index in [1.165, 1.54) is 16.7 Å². The van der Waals surface area contributed by atoms with Crippen LogP contribution in [0.2, 0.25) is 0 Å². The number of hydrogen-bond donors (Lipinski definition) is 1. The summed E-state index contributed by atoms with van der Waals surface area (Å²) in [6.45, 7) is 1.85. The first kappa shape index (κ1) is 19.9. The number of nitrogens with zero attached hydrogens (tertiary/aromatic N) is 1. The maximum Gasteiger partial charge on any atom is 0.0672 e. The summed E-state index contributed by atoms with van der Waals surface area (Å²) in [7, 11) is 0. The molecule has 0 unspecified atom stereocenters. The van der Waals surface area contributed by atoms with Crippen molar-refractivity contribution in [3.63, 3.8) is 0 Å². The molecule has 0 aliphatic carbocycles. The average molecular weight is 386 g/mol. The fraction of sp³-hybridized carbons (Fsp3) is 0.333.